The van der Waals surface area contributed by atoms with E-state index in [2.05, 4.69) is 15.3 Å². The third-order valence-electron chi connectivity index (χ3n) is 5.35. The number of aliphatic hydroxyl groups is 1. The van der Waals surface area contributed by atoms with E-state index in [0.717, 1.165) is 33.8 Å². The first-order valence-corrected chi connectivity index (χ1v) is 9.70. The zero-order chi connectivity index (χ0) is 21.3. The molecule has 0 radical (unpaired) electrons. The maximum absolute atomic E-state index is 11.7. The molecule has 0 saturated heterocycles. The number of hydrogen-bond donors (Lipinski definition) is 2. The van der Waals surface area contributed by atoms with Crippen LogP contribution in [0.2, 0.25) is 0 Å². The number of nitrogens with zero attached hydrogens (tertiary/aromatic N) is 3. The quantitative estimate of drug-likeness (QED) is 0.579. The summed E-state index contributed by atoms with van der Waals surface area (Å²) >= 11 is 0. The van der Waals surface area contributed by atoms with Crippen LogP contribution in [-0.2, 0) is 17.9 Å². The summed E-state index contributed by atoms with van der Waals surface area (Å²) < 4.78 is 12.4. The summed E-state index contributed by atoms with van der Waals surface area (Å²) in [6.45, 7) is 4.93. The predicted molar refractivity (Wildman–Crippen MR) is 110 cm³/mol. The second kappa shape index (κ2) is 8.25. The standard InChI is InChI=1S/C22H24N4O4/c1-13-10-26(12-25-13)21-6-20(29-3)15(8-24-21)7-23-9-19(27)16-4-5-17-18(14(16)2)11-30-22(17)28/h4-6,8,10,12,19,23,27H,7,9,11H2,1-3H3/t19-/m0/s1. The average molecular weight is 408 g/mol. The van der Waals surface area contributed by atoms with Crippen LogP contribution in [0, 0.1) is 13.8 Å². The summed E-state index contributed by atoms with van der Waals surface area (Å²) in [5, 5.41) is 13.9. The molecule has 1 aromatic carbocycles. The lowest BCUT2D eigenvalue weighted by Crippen LogP contribution is -2.22. The minimum Gasteiger partial charge on any atom is -0.496 e. The van der Waals surface area contributed by atoms with Gasteiger partial charge in [-0.05, 0) is 31.0 Å². The van der Waals surface area contributed by atoms with Crippen molar-refractivity contribution in [3.05, 3.63) is 70.4 Å². The van der Waals surface area contributed by atoms with Crippen LogP contribution in [0.1, 0.15) is 44.4 Å². The Morgan fingerprint density at radius 1 is 1.33 bits per heavy atom. The van der Waals surface area contributed by atoms with E-state index in [1.165, 1.54) is 0 Å². The fourth-order valence-corrected chi connectivity index (χ4v) is 3.65. The maximum Gasteiger partial charge on any atom is 0.338 e. The molecule has 0 unspecified atom stereocenters. The van der Waals surface area contributed by atoms with E-state index in [9.17, 15) is 9.90 Å². The Labute approximate surface area is 174 Å². The number of methoxy groups -OCH3 is 1. The van der Waals surface area contributed by atoms with Crippen molar-refractivity contribution in [3.8, 4) is 11.6 Å². The molecule has 3 aromatic rings. The molecule has 0 amide bonds. The molecule has 8 nitrogen and oxygen atoms in total. The summed E-state index contributed by atoms with van der Waals surface area (Å²) in [5.74, 6) is 1.13. The molecule has 0 saturated carbocycles. The zero-order valence-electron chi connectivity index (χ0n) is 17.2. The van der Waals surface area contributed by atoms with Gasteiger partial charge in [-0.25, -0.2) is 14.8 Å². The molecule has 0 fully saturated rings. The lowest BCUT2D eigenvalue weighted by atomic mass is 9.95. The Balaban J connectivity index is 1.42. The molecule has 0 aliphatic carbocycles. The van der Waals surface area contributed by atoms with Gasteiger partial charge in [0.15, 0.2) is 0 Å². The molecule has 8 heteroatoms. The first kappa shape index (κ1) is 20.1. The smallest absolute Gasteiger partial charge is 0.338 e. The number of aliphatic hydroxyl groups excluding tert-OH is 1. The predicted octanol–water partition coefficient (Wildman–Crippen LogP) is 2.39. The van der Waals surface area contributed by atoms with Crippen molar-refractivity contribution in [2.45, 2.75) is 33.1 Å². The average Bonchev–Trinajstić information content (AvgIpc) is 3.34. The summed E-state index contributed by atoms with van der Waals surface area (Å²) in [6, 6.07) is 5.37. The molecule has 30 heavy (non-hydrogen) atoms. The number of carbonyl (C=O) groups is 1. The molecule has 0 spiro atoms. The van der Waals surface area contributed by atoms with Crippen LogP contribution in [0.5, 0.6) is 5.75 Å². The van der Waals surface area contributed by atoms with E-state index in [-0.39, 0.29) is 12.6 Å². The van der Waals surface area contributed by atoms with Crippen molar-refractivity contribution in [1.29, 1.82) is 0 Å². The fourth-order valence-electron chi connectivity index (χ4n) is 3.65. The molecule has 1 aliphatic heterocycles. The molecular formula is C22H24N4O4. The summed E-state index contributed by atoms with van der Waals surface area (Å²) in [7, 11) is 1.62. The highest BCUT2D eigenvalue weighted by Crippen LogP contribution is 2.29. The van der Waals surface area contributed by atoms with Gasteiger partial charge in [0.1, 0.15) is 24.5 Å². The molecule has 2 aromatic heterocycles. The Morgan fingerprint density at radius 2 is 2.17 bits per heavy atom. The van der Waals surface area contributed by atoms with E-state index >= 15 is 0 Å². The Kier molecular flexibility index (Phi) is 5.52. The lowest BCUT2D eigenvalue weighted by Gasteiger charge is -2.17. The van der Waals surface area contributed by atoms with Crippen LogP contribution in [0.3, 0.4) is 0 Å². The van der Waals surface area contributed by atoms with E-state index in [1.54, 1.807) is 31.8 Å². The van der Waals surface area contributed by atoms with Crippen molar-refractivity contribution in [2.24, 2.45) is 0 Å². The first-order valence-electron chi connectivity index (χ1n) is 9.70. The van der Waals surface area contributed by atoms with Crippen molar-refractivity contribution in [1.82, 2.24) is 19.9 Å². The van der Waals surface area contributed by atoms with Gasteiger partial charge in [0.2, 0.25) is 0 Å². The Bertz CT molecular complexity index is 1090. The second-order valence-corrected chi connectivity index (χ2v) is 7.31. The molecule has 1 aliphatic rings. The number of aryl methyl sites for hydroxylation is 1. The highest BCUT2D eigenvalue weighted by molar-refractivity contribution is 5.93. The topological polar surface area (TPSA) is 98.5 Å². The lowest BCUT2D eigenvalue weighted by molar-refractivity contribution is 0.0535. The zero-order valence-corrected chi connectivity index (χ0v) is 17.2. The molecule has 1 atom stereocenters. The van der Waals surface area contributed by atoms with Crippen molar-refractivity contribution < 1.29 is 19.4 Å². The van der Waals surface area contributed by atoms with Crippen LogP contribution < -0.4 is 10.1 Å². The van der Waals surface area contributed by atoms with Crippen LogP contribution >= 0.6 is 0 Å². The SMILES string of the molecule is COc1cc(-n2cnc(C)c2)ncc1CNC[C@H](O)c1ccc2c(c1C)COC2=O. The van der Waals surface area contributed by atoms with Gasteiger partial charge < -0.3 is 19.9 Å². The molecule has 2 N–H and O–H groups in total. The fraction of sp³-hybridized carbons (Fsp3) is 0.318. The number of nitrogens with one attached hydrogen (secondary N) is 1. The number of benzene rings is 1. The van der Waals surface area contributed by atoms with E-state index in [0.29, 0.717) is 24.4 Å². The number of imidazole rings is 1. The van der Waals surface area contributed by atoms with Crippen LogP contribution in [-0.4, -0.2) is 39.3 Å². The van der Waals surface area contributed by atoms with Gasteiger partial charge in [-0.1, -0.05) is 6.07 Å². The molecule has 0 bridgehead atoms. The Morgan fingerprint density at radius 3 is 2.90 bits per heavy atom. The van der Waals surface area contributed by atoms with Gasteiger partial charge in [-0.15, -0.1) is 0 Å². The third kappa shape index (κ3) is 3.79. The molecule has 156 valence electrons. The number of aromatic nitrogens is 3. The van der Waals surface area contributed by atoms with Crippen LogP contribution in [0.25, 0.3) is 5.82 Å². The summed E-state index contributed by atoms with van der Waals surface area (Å²) in [6.07, 6.45) is 4.65. The number of fused-ring (bicyclic) bond motifs is 1. The molecular weight excluding hydrogens is 384 g/mol. The van der Waals surface area contributed by atoms with Crippen LogP contribution in [0.4, 0.5) is 0 Å². The Hall–Kier alpha value is -3.23. The number of hydrogen-bond acceptors (Lipinski definition) is 7. The van der Waals surface area contributed by atoms with Gasteiger partial charge >= 0.3 is 5.97 Å². The number of esters is 1. The minimum absolute atomic E-state index is 0.264. The molecule has 3 heterocycles. The second-order valence-electron chi connectivity index (χ2n) is 7.31. The maximum atomic E-state index is 11.7. The van der Waals surface area contributed by atoms with Gasteiger partial charge in [0, 0.05) is 42.7 Å². The van der Waals surface area contributed by atoms with Crippen molar-refractivity contribution in [3.63, 3.8) is 0 Å². The van der Waals surface area contributed by atoms with Crippen molar-refractivity contribution >= 4 is 5.97 Å². The van der Waals surface area contributed by atoms with Gasteiger partial charge in [0.05, 0.1) is 24.5 Å². The van der Waals surface area contributed by atoms with Gasteiger partial charge in [0.25, 0.3) is 0 Å². The highest BCUT2D eigenvalue weighted by Gasteiger charge is 2.25. The highest BCUT2D eigenvalue weighted by atomic mass is 16.5. The largest absolute Gasteiger partial charge is 0.496 e. The number of pyridine rings is 1. The number of cyclic esters (lactones) is 1. The van der Waals surface area contributed by atoms with E-state index < -0.39 is 6.10 Å². The molecule has 4 rings (SSSR count). The number of carbonyl (C=O) groups excluding carboxylic acids is 1. The monoisotopic (exact) mass is 408 g/mol. The van der Waals surface area contributed by atoms with Crippen LogP contribution in [0.15, 0.2) is 36.9 Å². The normalized spacial score (nSPS) is 13.8. The first-order chi connectivity index (χ1) is 14.5. The van der Waals surface area contributed by atoms with E-state index in [4.69, 9.17) is 9.47 Å². The van der Waals surface area contributed by atoms with Gasteiger partial charge in [-0.2, -0.15) is 0 Å². The van der Waals surface area contributed by atoms with Crippen molar-refractivity contribution in [2.75, 3.05) is 13.7 Å². The minimum atomic E-state index is -0.710. The summed E-state index contributed by atoms with van der Waals surface area (Å²) in [5.41, 5.74) is 4.92. The van der Waals surface area contributed by atoms with E-state index in [1.807, 2.05) is 30.7 Å². The summed E-state index contributed by atoms with van der Waals surface area (Å²) in [4.78, 5) is 20.4. The number of rotatable bonds is 7. The number of ether oxygens (including phenoxy) is 2. The third-order valence-corrected chi connectivity index (χ3v) is 5.35. The van der Waals surface area contributed by atoms with Gasteiger partial charge in [-0.3, -0.25) is 4.57 Å².